The maximum atomic E-state index is 13.0. The van der Waals surface area contributed by atoms with Crippen LogP contribution in [0.15, 0.2) is 29.3 Å². The summed E-state index contributed by atoms with van der Waals surface area (Å²) in [4.78, 5) is 18.4. The van der Waals surface area contributed by atoms with Crippen molar-refractivity contribution in [1.82, 2.24) is 10.2 Å². The highest BCUT2D eigenvalue weighted by atomic mass is 19.1. The van der Waals surface area contributed by atoms with E-state index in [1.807, 2.05) is 0 Å². The van der Waals surface area contributed by atoms with Crippen molar-refractivity contribution in [1.29, 1.82) is 0 Å². The Balaban J connectivity index is 1.57. The molecule has 2 heterocycles. The molecule has 142 valence electrons. The van der Waals surface area contributed by atoms with E-state index in [0.29, 0.717) is 13.0 Å². The van der Waals surface area contributed by atoms with Crippen LogP contribution in [0, 0.1) is 17.2 Å². The number of benzene rings is 1. The molecule has 2 saturated heterocycles. The van der Waals surface area contributed by atoms with Crippen LogP contribution < -0.4 is 11.1 Å². The van der Waals surface area contributed by atoms with Gasteiger partial charge in [-0.1, -0.05) is 12.1 Å². The van der Waals surface area contributed by atoms with Gasteiger partial charge in [0.15, 0.2) is 5.96 Å². The van der Waals surface area contributed by atoms with Gasteiger partial charge in [-0.2, -0.15) is 0 Å². The van der Waals surface area contributed by atoms with Crippen molar-refractivity contribution in [2.75, 3.05) is 39.9 Å². The topological polar surface area (TPSA) is 79.9 Å². The zero-order valence-electron chi connectivity index (χ0n) is 15.2. The average Bonchev–Trinajstić information content (AvgIpc) is 3.26. The van der Waals surface area contributed by atoms with E-state index in [9.17, 15) is 9.18 Å². The van der Waals surface area contributed by atoms with Crippen molar-refractivity contribution < 1.29 is 13.9 Å². The Morgan fingerprint density at radius 3 is 2.81 bits per heavy atom. The lowest BCUT2D eigenvalue weighted by molar-refractivity contribution is -0.121. The molecule has 0 aromatic heterocycles. The number of likely N-dealkylation sites (tertiary alicyclic amines) is 1. The van der Waals surface area contributed by atoms with E-state index in [4.69, 9.17) is 10.5 Å². The fraction of sp³-hybridized carbons (Fsp3) is 0.579. The highest BCUT2D eigenvalue weighted by Gasteiger charge is 2.42. The van der Waals surface area contributed by atoms with Gasteiger partial charge in [0.1, 0.15) is 5.82 Å². The summed E-state index contributed by atoms with van der Waals surface area (Å²) in [7, 11) is 1.75. The monoisotopic (exact) mass is 362 g/mol. The van der Waals surface area contributed by atoms with Gasteiger partial charge in [0.05, 0.1) is 12.5 Å². The zero-order valence-corrected chi connectivity index (χ0v) is 15.2. The fourth-order valence-corrected chi connectivity index (χ4v) is 3.81. The van der Waals surface area contributed by atoms with Crippen molar-refractivity contribution in [3.8, 4) is 0 Å². The van der Waals surface area contributed by atoms with E-state index in [2.05, 4.69) is 15.2 Å². The molecule has 3 N–H and O–H groups in total. The quantitative estimate of drug-likeness (QED) is 0.608. The first kappa shape index (κ1) is 18.6. The number of hydrogen-bond acceptors (Lipinski definition) is 3. The molecule has 0 aliphatic carbocycles. The lowest BCUT2D eigenvalue weighted by Crippen LogP contribution is -2.45. The molecule has 2 atom stereocenters. The third-order valence-electron chi connectivity index (χ3n) is 5.44. The second kappa shape index (κ2) is 8.03. The van der Waals surface area contributed by atoms with Crippen molar-refractivity contribution >= 4 is 11.9 Å². The molecule has 26 heavy (non-hydrogen) atoms. The molecule has 6 nitrogen and oxygen atoms in total. The summed E-state index contributed by atoms with van der Waals surface area (Å²) in [6, 6.07) is 6.16. The standard InChI is InChI=1S/C19H27FN4O2/c1-22-18(24-8-6-19(12-24)7-9-26-13-19)23-11-15(17(21)25)10-14-2-4-16(20)5-3-14/h2-5,15H,6-13H2,1H3,(H2,21,25)(H,22,23). The van der Waals surface area contributed by atoms with Gasteiger partial charge in [-0.15, -0.1) is 0 Å². The van der Waals surface area contributed by atoms with Crippen molar-refractivity contribution in [2.24, 2.45) is 22.1 Å². The molecule has 1 amide bonds. The fourth-order valence-electron chi connectivity index (χ4n) is 3.81. The number of primary amides is 1. The summed E-state index contributed by atoms with van der Waals surface area (Å²) in [5.41, 5.74) is 6.70. The number of carbonyl (C=O) groups is 1. The lowest BCUT2D eigenvalue weighted by Gasteiger charge is -2.26. The van der Waals surface area contributed by atoms with E-state index < -0.39 is 0 Å². The lowest BCUT2D eigenvalue weighted by atomic mass is 9.87. The third kappa shape index (κ3) is 4.33. The van der Waals surface area contributed by atoms with E-state index >= 15 is 0 Å². The number of hydrogen-bond donors (Lipinski definition) is 2. The molecule has 2 unspecified atom stereocenters. The van der Waals surface area contributed by atoms with Gasteiger partial charge in [0.2, 0.25) is 5.91 Å². The Labute approximate surface area is 153 Å². The largest absolute Gasteiger partial charge is 0.381 e. The first-order chi connectivity index (χ1) is 12.5. The van der Waals surface area contributed by atoms with E-state index in [1.54, 1.807) is 19.2 Å². The second-order valence-corrected chi connectivity index (χ2v) is 7.33. The van der Waals surface area contributed by atoms with Crippen LogP contribution >= 0.6 is 0 Å². The first-order valence-corrected chi connectivity index (χ1v) is 9.08. The Hall–Kier alpha value is -2.15. The number of nitrogens with one attached hydrogen (secondary N) is 1. The molecule has 1 spiro atoms. The van der Waals surface area contributed by atoms with Gasteiger partial charge < -0.3 is 20.7 Å². The summed E-state index contributed by atoms with van der Waals surface area (Å²) in [5.74, 6) is -0.260. The van der Waals surface area contributed by atoms with Gasteiger partial charge in [-0.3, -0.25) is 9.79 Å². The molecule has 0 saturated carbocycles. The van der Waals surface area contributed by atoms with Crippen LogP contribution in [0.1, 0.15) is 18.4 Å². The Kier molecular flexibility index (Phi) is 5.76. The predicted octanol–water partition coefficient (Wildman–Crippen LogP) is 1.16. The third-order valence-corrected chi connectivity index (χ3v) is 5.44. The summed E-state index contributed by atoms with van der Waals surface area (Å²) < 4.78 is 18.6. The van der Waals surface area contributed by atoms with E-state index in [1.165, 1.54) is 12.1 Å². The van der Waals surface area contributed by atoms with Crippen LogP contribution in [-0.4, -0.2) is 56.7 Å². The molecule has 2 aliphatic heterocycles. The smallest absolute Gasteiger partial charge is 0.222 e. The van der Waals surface area contributed by atoms with Crippen LogP contribution in [0.2, 0.25) is 0 Å². The molecule has 2 aliphatic rings. The maximum Gasteiger partial charge on any atom is 0.222 e. The molecule has 0 radical (unpaired) electrons. The summed E-state index contributed by atoms with van der Waals surface area (Å²) in [6.07, 6.45) is 2.66. The Morgan fingerprint density at radius 1 is 1.42 bits per heavy atom. The number of nitrogens with two attached hydrogens (primary N) is 1. The minimum absolute atomic E-state index is 0.245. The number of carbonyl (C=O) groups excluding carboxylic acids is 1. The van der Waals surface area contributed by atoms with Crippen molar-refractivity contribution in [3.63, 3.8) is 0 Å². The number of halogens is 1. The van der Waals surface area contributed by atoms with Crippen LogP contribution in [0.5, 0.6) is 0 Å². The van der Waals surface area contributed by atoms with Crippen molar-refractivity contribution in [2.45, 2.75) is 19.3 Å². The summed E-state index contributed by atoms with van der Waals surface area (Å²) >= 11 is 0. The summed E-state index contributed by atoms with van der Waals surface area (Å²) in [6.45, 7) is 3.91. The SMILES string of the molecule is CN=C(NCC(Cc1ccc(F)cc1)C(N)=O)N1CCC2(CCOC2)C1. The maximum absolute atomic E-state index is 13.0. The second-order valence-electron chi connectivity index (χ2n) is 7.33. The first-order valence-electron chi connectivity index (χ1n) is 9.08. The van der Waals surface area contributed by atoms with Gasteiger partial charge in [0.25, 0.3) is 0 Å². The van der Waals surface area contributed by atoms with Gasteiger partial charge in [0, 0.05) is 38.7 Å². The predicted molar refractivity (Wildman–Crippen MR) is 98.2 cm³/mol. The Morgan fingerprint density at radius 2 is 2.19 bits per heavy atom. The minimum atomic E-state index is -0.386. The van der Waals surface area contributed by atoms with Gasteiger partial charge >= 0.3 is 0 Å². The number of rotatable bonds is 5. The summed E-state index contributed by atoms with van der Waals surface area (Å²) in [5, 5.41) is 3.29. The van der Waals surface area contributed by atoms with Crippen LogP contribution in [0.4, 0.5) is 4.39 Å². The molecule has 0 bridgehead atoms. The molecule has 1 aromatic carbocycles. The molecular weight excluding hydrogens is 335 g/mol. The number of nitrogens with zero attached hydrogens (tertiary/aromatic N) is 2. The zero-order chi connectivity index (χ0) is 18.6. The number of amides is 1. The van der Waals surface area contributed by atoms with Crippen LogP contribution in [-0.2, 0) is 16.0 Å². The minimum Gasteiger partial charge on any atom is -0.381 e. The highest BCUT2D eigenvalue weighted by Crippen LogP contribution is 2.38. The molecular formula is C19H27FN4O2. The van der Waals surface area contributed by atoms with Crippen molar-refractivity contribution in [3.05, 3.63) is 35.6 Å². The normalized spacial score (nSPS) is 24.2. The number of aliphatic imine (C=N–C) groups is 1. The Bertz CT molecular complexity index is 656. The van der Waals surface area contributed by atoms with Crippen LogP contribution in [0.3, 0.4) is 0 Å². The number of ether oxygens (including phenoxy) is 1. The van der Waals surface area contributed by atoms with Gasteiger partial charge in [-0.25, -0.2) is 4.39 Å². The average molecular weight is 362 g/mol. The van der Waals surface area contributed by atoms with E-state index in [-0.39, 0.29) is 23.1 Å². The molecule has 7 heteroatoms. The highest BCUT2D eigenvalue weighted by molar-refractivity contribution is 5.82. The van der Waals surface area contributed by atoms with Gasteiger partial charge in [-0.05, 0) is 37.0 Å². The molecule has 3 rings (SSSR count). The van der Waals surface area contributed by atoms with E-state index in [0.717, 1.165) is 50.7 Å². The molecule has 1 aromatic rings. The van der Waals surface area contributed by atoms with Crippen LogP contribution in [0.25, 0.3) is 0 Å². The number of guanidine groups is 1. The molecule has 2 fully saturated rings.